The maximum absolute atomic E-state index is 14.6. The van der Waals surface area contributed by atoms with Gasteiger partial charge in [-0.2, -0.15) is 13.2 Å². The maximum Gasteiger partial charge on any atom is 0.416 e. The molecule has 0 bridgehead atoms. The van der Waals surface area contributed by atoms with Crippen molar-refractivity contribution in [2.45, 2.75) is 24.2 Å². The maximum atomic E-state index is 14.6. The van der Waals surface area contributed by atoms with Crippen LogP contribution in [0.1, 0.15) is 22.9 Å². The van der Waals surface area contributed by atoms with E-state index in [1.54, 1.807) is 0 Å². The number of nitrogens with zero attached hydrogens (tertiary/aromatic N) is 4. The minimum Gasteiger partial charge on any atom is -0.377 e. The van der Waals surface area contributed by atoms with E-state index in [1.807, 2.05) is 0 Å². The number of hydrogen-bond acceptors (Lipinski definition) is 4. The Morgan fingerprint density at radius 3 is 2.26 bits per heavy atom. The van der Waals surface area contributed by atoms with Crippen molar-refractivity contribution in [3.8, 4) is 11.1 Å². The van der Waals surface area contributed by atoms with Crippen LogP contribution >= 0.6 is 0 Å². The molecule has 4 aromatic rings. The number of aliphatic hydroxyl groups is 1. The highest BCUT2D eigenvalue weighted by molar-refractivity contribution is 5.64. The van der Waals surface area contributed by atoms with E-state index in [0.29, 0.717) is 18.2 Å². The second-order valence-corrected chi connectivity index (χ2v) is 7.58. The summed E-state index contributed by atoms with van der Waals surface area (Å²) in [5.74, 6) is -2.49. The van der Waals surface area contributed by atoms with E-state index in [0.717, 1.165) is 35.4 Å². The van der Waals surface area contributed by atoms with E-state index >= 15 is 0 Å². The topological polar surface area (TPSA) is 63.8 Å². The summed E-state index contributed by atoms with van der Waals surface area (Å²) in [6.45, 7) is 0. The zero-order chi connectivity index (χ0) is 25.4. The molecule has 2 atom stereocenters. The molecule has 0 amide bonds. The molecule has 2 aromatic heterocycles. The van der Waals surface area contributed by atoms with E-state index < -0.39 is 47.0 Å². The summed E-state index contributed by atoms with van der Waals surface area (Å²) in [7, 11) is 0. The van der Waals surface area contributed by atoms with Gasteiger partial charge in [-0.3, -0.25) is 4.98 Å². The van der Waals surface area contributed by atoms with Gasteiger partial charge in [-0.25, -0.2) is 22.2 Å². The number of halogens is 7. The second-order valence-electron chi connectivity index (χ2n) is 7.58. The molecule has 0 saturated heterocycles. The van der Waals surface area contributed by atoms with Crippen LogP contribution in [-0.4, -0.2) is 31.5 Å². The Bertz CT molecular complexity index is 1330. The summed E-state index contributed by atoms with van der Waals surface area (Å²) in [4.78, 5) is 4.01. The van der Waals surface area contributed by atoms with Crippen molar-refractivity contribution < 1.29 is 35.8 Å². The third kappa shape index (κ3) is 4.61. The fourth-order valence-electron chi connectivity index (χ4n) is 3.77. The van der Waals surface area contributed by atoms with Crippen LogP contribution < -0.4 is 0 Å². The van der Waals surface area contributed by atoms with Gasteiger partial charge in [-0.1, -0.05) is 17.3 Å². The van der Waals surface area contributed by atoms with Crippen molar-refractivity contribution in [2.24, 2.45) is 0 Å². The lowest BCUT2D eigenvalue weighted by Crippen LogP contribution is -2.45. The third-order valence-corrected chi connectivity index (χ3v) is 5.40. The Kier molecular flexibility index (Phi) is 6.32. The van der Waals surface area contributed by atoms with E-state index in [4.69, 9.17) is 0 Å². The highest BCUT2D eigenvalue weighted by Crippen LogP contribution is 2.43. The predicted octanol–water partition coefficient (Wildman–Crippen LogP) is 5.38. The van der Waals surface area contributed by atoms with Crippen molar-refractivity contribution in [3.05, 3.63) is 102 Å². The van der Waals surface area contributed by atoms with Gasteiger partial charge in [-0.05, 0) is 47.5 Å². The number of pyridine rings is 1. The van der Waals surface area contributed by atoms with Crippen LogP contribution in [0.3, 0.4) is 0 Å². The number of aromatic nitrogens is 4. The molecular weight excluding hydrogens is 481 g/mol. The smallest absolute Gasteiger partial charge is 0.377 e. The normalized spacial score (nSPS) is 14.7. The quantitative estimate of drug-likeness (QED) is 0.364. The van der Waals surface area contributed by atoms with Crippen LogP contribution in [0.2, 0.25) is 0 Å². The summed E-state index contributed by atoms with van der Waals surface area (Å²) in [6.07, 6.45) is -4.86. The molecule has 0 radical (unpaired) electrons. The summed E-state index contributed by atoms with van der Waals surface area (Å²) >= 11 is 0. The third-order valence-electron chi connectivity index (χ3n) is 5.40. The van der Waals surface area contributed by atoms with E-state index in [-0.39, 0.29) is 16.8 Å². The Labute approximate surface area is 193 Å². The highest BCUT2D eigenvalue weighted by atomic mass is 19.4. The first kappa shape index (κ1) is 24.3. The van der Waals surface area contributed by atoms with Crippen molar-refractivity contribution >= 4 is 0 Å². The molecule has 0 saturated carbocycles. The highest BCUT2D eigenvalue weighted by Gasteiger charge is 2.51. The Morgan fingerprint density at radius 2 is 1.63 bits per heavy atom. The van der Waals surface area contributed by atoms with Crippen LogP contribution in [-0.2, 0) is 11.8 Å². The second kappa shape index (κ2) is 9.10. The molecule has 0 spiro atoms. The van der Waals surface area contributed by atoms with Gasteiger partial charge in [-0.15, -0.1) is 5.10 Å². The average Bonchev–Trinajstić information content (AvgIpc) is 3.33. The zero-order valence-corrected chi connectivity index (χ0v) is 17.5. The van der Waals surface area contributed by atoms with Crippen molar-refractivity contribution in [3.63, 3.8) is 0 Å². The monoisotopic (exact) mass is 496 g/mol. The summed E-state index contributed by atoms with van der Waals surface area (Å²) in [5.41, 5.74) is -5.21. The molecule has 2 unspecified atom stereocenters. The minimum absolute atomic E-state index is 0.0920. The summed E-state index contributed by atoms with van der Waals surface area (Å²) in [6, 6.07) is 6.64. The molecule has 0 aliphatic carbocycles. The van der Waals surface area contributed by atoms with Gasteiger partial charge in [0.05, 0.1) is 17.5 Å². The van der Waals surface area contributed by atoms with Crippen LogP contribution in [0.5, 0.6) is 0 Å². The van der Waals surface area contributed by atoms with Gasteiger partial charge in [0, 0.05) is 24.0 Å². The van der Waals surface area contributed by atoms with Gasteiger partial charge in [0.25, 0.3) is 6.43 Å². The summed E-state index contributed by atoms with van der Waals surface area (Å²) < 4.78 is 97.3. The minimum atomic E-state index is -4.62. The molecule has 0 fully saturated rings. The number of rotatable bonds is 6. The molecule has 0 aliphatic rings. The molecule has 2 aromatic carbocycles. The molecule has 12 heteroatoms. The molecule has 2 heterocycles. The van der Waals surface area contributed by atoms with Crippen LogP contribution in [0.25, 0.3) is 11.1 Å². The van der Waals surface area contributed by atoms with Crippen LogP contribution in [0.4, 0.5) is 30.7 Å². The Balaban J connectivity index is 1.91. The largest absolute Gasteiger partial charge is 0.416 e. The van der Waals surface area contributed by atoms with Gasteiger partial charge in [0.15, 0.2) is 5.60 Å². The van der Waals surface area contributed by atoms with Gasteiger partial charge >= 0.3 is 6.18 Å². The summed E-state index contributed by atoms with van der Waals surface area (Å²) in [5, 5.41) is 18.4. The lowest BCUT2D eigenvalue weighted by atomic mass is 9.83. The SMILES string of the molecule is OC(c1ccc(F)cc1F)(C(F)F)C(c1cc(-c2cccc(C(F)(F)F)c2)ccn1)n1ccnn1. The molecule has 182 valence electrons. The van der Waals surface area contributed by atoms with Crippen molar-refractivity contribution in [1.29, 1.82) is 0 Å². The number of hydrogen-bond donors (Lipinski definition) is 1. The molecule has 35 heavy (non-hydrogen) atoms. The van der Waals surface area contributed by atoms with Crippen molar-refractivity contribution in [2.75, 3.05) is 0 Å². The van der Waals surface area contributed by atoms with E-state index in [9.17, 15) is 35.8 Å². The fraction of sp³-hybridized carbons (Fsp3) is 0.174. The Hall–Kier alpha value is -3.80. The van der Waals surface area contributed by atoms with Crippen LogP contribution in [0, 0.1) is 11.6 Å². The van der Waals surface area contributed by atoms with Gasteiger partial charge in [0.2, 0.25) is 0 Å². The number of alkyl halides is 5. The van der Waals surface area contributed by atoms with Crippen molar-refractivity contribution in [1.82, 2.24) is 20.0 Å². The van der Waals surface area contributed by atoms with E-state index in [1.165, 1.54) is 24.3 Å². The lowest BCUT2D eigenvalue weighted by molar-refractivity contribution is -0.137. The molecule has 4 rings (SSSR count). The standard InChI is InChI=1S/C23H15F7N4O/c24-16-4-5-17(18(25)12-16)22(35,21(26)27)20(34-9-8-32-33-34)19-11-14(6-7-31-19)13-2-1-3-15(10-13)23(28,29)30/h1-12,20-21,35H. The first-order valence-electron chi connectivity index (χ1n) is 9.97. The Morgan fingerprint density at radius 1 is 0.886 bits per heavy atom. The average molecular weight is 496 g/mol. The number of benzene rings is 2. The van der Waals surface area contributed by atoms with E-state index in [2.05, 4.69) is 15.3 Å². The lowest BCUT2D eigenvalue weighted by Gasteiger charge is -2.35. The first-order chi connectivity index (χ1) is 16.5. The first-order valence-corrected chi connectivity index (χ1v) is 9.97. The molecule has 0 aliphatic heterocycles. The molecular formula is C23H15F7N4O. The zero-order valence-electron chi connectivity index (χ0n) is 17.5. The van der Waals surface area contributed by atoms with Crippen LogP contribution in [0.15, 0.2) is 73.2 Å². The van der Waals surface area contributed by atoms with Gasteiger partial charge < -0.3 is 5.11 Å². The fourth-order valence-corrected chi connectivity index (χ4v) is 3.77. The molecule has 5 nitrogen and oxygen atoms in total. The molecule has 1 N–H and O–H groups in total. The van der Waals surface area contributed by atoms with Gasteiger partial charge in [0.1, 0.15) is 17.7 Å². The predicted molar refractivity (Wildman–Crippen MR) is 109 cm³/mol.